The fourth-order valence-electron chi connectivity index (χ4n) is 2.04. The van der Waals surface area contributed by atoms with Gasteiger partial charge in [-0.05, 0) is 35.9 Å². The second-order valence-electron chi connectivity index (χ2n) is 4.39. The second-order valence-corrected chi connectivity index (χ2v) is 5.94. The summed E-state index contributed by atoms with van der Waals surface area (Å²) in [7, 11) is 0. The van der Waals surface area contributed by atoms with E-state index in [0.717, 1.165) is 20.4 Å². The number of hydrogen-bond donors (Lipinski definition) is 1. The summed E-state index contributed by atoms with van der Waals surface area (Å²) < 4.78 is 4.96. The Morgan fingerprint density at radius 3 is 2.52 bits per heavy atom. The zero-order chi connectivity index (χ0) is 13.9. The summed E-state index contributed by atoms with van der Waals surface area (Å²) in [6, 6.07) is 15.6. The fourth-order valence-corrected chi connectivity index (χ4v) is 3.17. The van der Waals surface area contributed by atoms with E-state index < -0.39 is 0 Å². The number of hydrogen-bond acceptors (Lipinski definition) is 3. The van der Waals surface area contributed by atoms with Crippen molar-refractivity contribution in [2.75, 3.05) is 6.61 Å². The Hall–Kier alpha value is -1.36. The molecule has 1 heterocycles. The zero-order valence-electron chi connectivity index (χ0n) is 10.9. The lowest BCUT2D eigenvalue weighted by atomic mass is 10.1. The fraction of sp³-hybridized carbons (Fsp3) is 0.133. The van der Waals surface area contributed by atoms with E-state index >= 15 is 0 Å². The van der Waals surface area contributed by atoms with Gasteiger partial charge in [0.2, 0.25) is 0 Å². The molecule has 1 fully saturated rings. The minimum Gasteiger partial charge on any atom is -0.447 e. The highest BCUT2D eigenvalue weighted by atomic mass is 35.5. The molecule has 0 spiro atoms. The number of benzene rings is 2. The van der Waals surface area contributed by atoms with Crippen LogP contribution in [-0.2, 0) is 4.74 Å². The predicted octanol–water partition coefficient (Wildman–Crippen LogP) is 4.69. The van der Waals surface area contributed by atoms with Gasteiger partial charge in [0.05, 0.1) is 6.04 Å². The summed E-state index contributed by atoms with van der Waals surface area (Å²) in [5.41, 5.74) is 1.07. The number of rotatable bonds is 3. The number of carbonyl (C=O) groups excluding carboxylic acids is 1. The lowest BCUT2D eigenvalue weighted by Crippen LogP contribution is -2.18. The maximum atomic E-state index is 11.2. The van der Waals surface area contributed by atoms with E-state index in [1.807, 2.05) is 48.5 Å². The van der Waals surface area contributed by atoms with Crippen LogP contribution in [-0.4, -0.2) is 12.7 Å². The molecule has 6 heteroatoms. The maximum absolute atomic E-state index is 11.2. The van der Waals surface area contributed by atoms with E-state index in [9.17, 15) is 4.79 Å². The molecule has 0 aromatic heterocycles. The summed E-state index contributed by atoms with van der Waals surface area (Å²) in [6.45, 7) is 0.372. The van der Waals surface area contributed by atoms with Crippen LogP contribution in [0.2, 0.25) is 5.02 Å². The lowest BCUT2D eigenvalue weighted by molar-refractivity contribution is 0.177. The van der Waals surface area contributed by atoms with Crippen molar-refractivity contribution >= 4 is 41.9 Å². The number of alkyl carbamates (subject to hydrolysis) is 1. The molecule has 0 saturated carbocycles. The highest BCUT2D eigenvalue weighted by Crippen LogP contribution is 2.34. The monoisotopic (exact) mass is 341 g/mol. The number of cyclic esters (lactones) is 1. The third kappa shape index (κ3) is 3.84. The van der Waals surface area contributed by atoms with Gasteiger partial charge in [0.25, 0.3) is 0 Å². The van der Waals surface area contributed by atoms with Gasteiger partial charge in [0.15, 0.2) is 0 Å². The Bertz CT molecular complexity index is 634. The lowest BCUT2D eigenvalue weighted by Gasteiger charge is -2.13. The van der Waals surface area contributed by atoms with Crippen LogP contribution in [0, 0.1) is 0 Å². The van der Waals surface area contributed by atoms with E-state index in [0.29, 0.717) is 6.61 Å². The molecule has 0 bridgehead atoms. The molecule has 0 radical (unpaired) electrons. The number of nitrogens with one attached hydrogen (secondary N) is 1. The normalized spacial score (nSPS) is 16.8. The first-order valence-corrected chi connectivity index (χ1v) is 7.37. The van der Waals surface area contributed by atoms with Crippen LogP contribution < -0.4 is 5.32 Å². The Labute approximate surface area is 138 Å². The molecule has 110 valence electrons. The van der Waals surface area contributed by atoms with Gasteiger partial charge in [-0.25, -0.2) is 4.79 Å². The van der Waals surface area contributed by atoms with Crippen molar-refractivity contribution in [3.8, 4) is 0 Å². The van der Waals surface area contributed by atoms with Crippen molar-refractivity contribution in [1.29, 1.82) is 0 Å². The van der Waals surface area contributed by atoms with Crippen molar-refractivity contribution in [2.24, 2.45) is 0 Å². The van der Waals surface area contributed by atoms with E-state index in [1.54, 1.807) is 11.8 Å². The molecular formula is C15H13Cl2NO2S. The van der Waals surface area contributed by atoms with Crippen molar-refractivity contribution in [2.45, 2.75) is 15.8 Å². The molecule has 3 rings (SSSR count). The van der Waals surface area contributed by atoms with E-state index in [1.165, 1.54) is 0 Å². The number of ether oxygens (including phenoxy) is 1. The van der Waals surface area contributed by atoms with Crippen LogP contribution in [0.1, 0.15) is 11.6 Å². The average molecular weight is 342 g/mol. The standard InChI is InChI=1S/C15H12ClNO2S.ClH/c16-10-5-7-11(8-6-10)20-14-4-2-1-3-12(14)13-9-19-15(18)17-13;/h1-8,13H,9H2,(H,17,18);1H/t13-;/m1./s1. The van der Waals surface area contributed by atoms with Gasteiger partial charge in [-0.1, -0.05) is 41.6 Å². The first-order chi connectivity index (χ1) is 9.72. The molecule has 21 heavy (non-hydrogen) atoms. The average Bonchev–Trinajstić information content (AvgIpc) is 2.88. The van der Waals surface area contributed by atoms with E-state index in [2.05, 4.69) is 5.32 Å². The van der Waals surface area contributed by atoms with Crippen LogP contribution in [0.5, 0.6) is 0 Å². The molecule has 2 aromatic rings. The minimum atomic E-state index is -0.360. The number of carbonyl (C=O) groups is 1. The van der Waals surface area contributed by atoms with Crippen molar-refractivity contribution in [1.82, 2.24) is 5.32 Å². The smallest absolute Gasteiger partial charge is 0.407 e. The highest BCUT2D eigenvalue weighted by molar-refractivity contribution is 7.99. The van der Waals surface area contributed by atoms with Crippen LogP contribution in [0.3, 0.4) is 0 Å². The van der Waals surface area contributed by atoms with E-state index in [4.69, 9.17) is 16.3 Å². The molecule has 2 aromatic carbocycles. The largest absolute Gasteiger partial charge is 0.447 e. The quantitative estimate of drug-likeness (QED) is 0.879. The van der Waals surface area contributed by atoms with E-state index in [-0.39, 0.29) is 24.5 Å². The molecule has 3 nitrogen and oxygen atoms in total. The summed E-state index contributed by atoms with van der Waals surface area (Å²) in [6.07, 6.45) is -0.360. The van der Waals surface area contributed by atoms with Crippen molar-refractivity contribution < 1.29 is 9.53 Å². The minimum absolute atomic E-state index is 0. The Morgan fingerprint density at radius 2 is 1.86 bits per heavy atom. The molecule has 1 atom stereocenters. The van der Waals surface area contributed by atoms with Gasteiger partial charge in [-0.3, -0.25) is 0 Å². The summed E-state index contributed by atoms with van der Waals surface area (Å²) >= 11 is 7.54. The maximum Gasteiger partial charge on any atom is 0.407 e. The molecule has 1 N–H and O–H groups in total. The van der Waals surface area contributed by atoms with Crippen LogP contribution in [0.4, 0.5) is 4.79 Å². The van der Waals surface area contributed by atoms with Gasteiger partial charge < -0.3 is 10.1 Å². The molecule has 0 unspecified atom stereocenters. The molecule has 1 amide bonds. The van der Waals surface area contributed by atoms with Gasteiger partial charge in [-0.15, -0.1) is 12.4 Å². The molecule has 0 aliphatic carbocycles. The summed E-state index contributed by atoms with van der Waals surface area (Å²) in [5, 5.41) is 3.53. The Kier molecular flexibility index (Phi) is 5.39. The summed E-state index contributed by atoms with van der Waals surface area (Å²) in [5.74, 6) is 0. The van der Waals surface area contributed by atoms with Crippen molar-refractivity contribution in [3.63, 3.8) is 0 Å². The Balaban J connectivity index is 0.00000161. The van der Waals surface area contributed by atoms with Gasteiger partial charge >= 0.3 is 6.09 Å². The third-order valence-electron chi connectivity index (χ3n) is 3.01. The first kappa shape index (κ1) is 16.0. The van der Waals surface area contributed by atoms with Gasteiger partial charge in [0, 0.05) is 14.8 Å². The predicted molar refractivity (Wildman–Crippen MR) is 86.5 cm³/mol. The molecule has 1 aliphatic heterocycles. The van der Waals surface area contributed by atoms with Gasteiger partial charge in [0.1, 0.15) is 6.61 Å². The number of amides is 1. The third-order valence-corrected chi connectivity index (χ3v) is 4.36. The molecule has 1 saturated heterocycles. The number of halogens is 2. The molecular weight excluding hydrogens is 329 g/mol. The summed E-state index contributed by atoms with van der Waals surface area (Å²) in [4.78, 5) is 13.4. The second kappa shape index (κ2) is 7.07. The first-order valence-electron chi connectivity index (χ1n) is 6.18. The van der Waals surface area contributed by atoms with Crippen molar-refractivity contribution in [3.05, 3.63) is 59.1 Å². The van der Waals surface area contributed by atoms with Gasteiger partial charge in [-0.2, -0.15) is 0 Å². The molecule has 1 aliphatic rings. The highest BCUT2D eigenvalue weighted by Gasteiger charge is 2.25. The zero-order valence-corrected chi connectivity index (χ0v) is 13.3. The SMILES string of the molecule is Cl.O=C1N[C@@H](c2ccccc2Sc2ccc(Cl)cc2)CO1. The topological polar surface area (TPSA) is 38.3 Å². The van der Waals surface area contributed by atoms with Crippen LogP contribution >= 0.6 is 35.8 Å². The van der Waals surface area contributed by atoms with Crippen LogP contribution in [0.25, 0.3) is 0 Å². The Morgan fingerprint density at radius 1 is 1.14 bits per heavy atom. The van der Waals surface area contributed by atoms with Crippen LogP contribution in [0.15, 0.2) is 58.3 Å².